The third-order valence-corrected chi connectivity index (χ3v) is 3.73. The van der Waals surface area contributed by atoms with Crippen LogP contribution in [0.25, 0.3) is 0 Å². The van der Waals surface area contributed by atoms with Gasteiger partial charge in [0.15, 0.2) is 0 Å². The van der Waals surface area contributed by atoms with Crippen LogP contribution in [0.3, 0.4) is 0 Å². The third kappa shape index (κ3) is 3.27. The van der Waals surface area contributed by atoms with E-state index in [1.807, 2.05) is 29.2 Å². The van der Waals surface area contributed by atoms with Crippen molar-refractivity contribution in [2.24, 2.45) is 5.92 Å². The summed E-state index contributed by atoms with van der Waals surface area (Å²) in [5.74, 6) is 0.289. The van der Waals surface area contributed by atoms with Crippen LogP contribution in [0.4, 0.5) is 5.69 Å². The first kappa shape index (κ1) is 13.9. The number of amides is 1. The third-order valence-electron chi connectivity index (χ3n) is 3.24. The normalized spacial score (nSPS) is 23.4. The number of hydrogen-bond donors (Lipinski definition) is 1. The molecule has 0 aliphatic carbocycles. The molecule has 0 saturated carbocycles. The summed E-state index contributed by atoms with van der Waals surface area (Å²) in [5, 5.41) is 11.8. The molecule has 2 unspecified atom stereocenters. The van der Waals surface area contributed by atoms with Gasteiger partial charge in [-0.15, -0.1) is 0 Å². The van der Waals surface area contributed by atoms with Crippen LogP contribution in [0, 0.1) is 17.2 Å². The molecule has 1 saturated heterocycles. The van der Waals surface area contributed by atoms with Crippen molar-refractivity contribution < 1.29 is 4.79 Å². The predicted octanol–water partition coefficient (Wildman–Crippen LogP) is 2.30. The summed E-state index contributed by atoms with van der Waals surface area (Å²) in [7, 11) is 0. The fraction of sp³-hybridized carbons (Fsp3) is 0.429. The van der Waals surface area contributed by atoms with Crippen molar-refractivity contribution in [2.45, 2.75) is 19.4 Å². The molecule has 100 valence electrons. The molecule has 19 heavy (non-hydrogen) atoms. The Labute approximate surface area is 121 Å². The van der Waals surface area contributed by atoms with Gasteiger partial charge < -0.3 is 10.2 Å². The van der Waals surface area contributed by atoms with Crippen LogP contribution < -0.4 is 10.2 Å². The summed E-state index contributed by atoms with van der Waals surface area (Å²) in [6.07, 6.45) is 0.199. The number of anilines is 1. The molecule has 1 amide bonds. The van der Waals surface area contributed by atoms with Crippen LogP contribution in [0.5, 0.6) is 0 Å². The Morgan fingerprint density at radius 3 is 3.05 bits per heavy atom. The summed E-state index contributed by atoms with van der Waals surface area (Å²) in [6.45, 7) is 3.52. The highest BCUT2D eigenvalue weighted by atomic mass is 79.9. The van der Waals surface area contributed by atoms with Gasteiger partial charge in [-0.2, -0.15) is 5.26 Å². The lowest BCUT2D eigenvalue weighted by atomic mass is 10.1. The maximum atomic E-state index is 12.1. The molecule has 0 aromatic heterocycles. The largest absolute Gasteiger partial charge is 0.358 e. The van der Waals surface area contributed by atoms with Gasteiger partial charge in [0.05, 0.1) is 12.5 Å². The van der Waals surface area contributed by atoms with E-state index in [2.05, 4.69) is 34.2 Å². The van der Waals surface area contributed by atoms with Crippen LogP contribution in [0.2, 0.25) is 0 Å². The number of benzene rings is 1. The number of nitrogens with one attached hydrogen (secondary N) is 1. The highest BCUT2D eigenvalue weighted by Crippen LogP contribution is 2.25. The van der Waals surface area contributed by atoms with Crippen molar-refractivity contribution in [1.29, 1.82) is 5.26 Å². The maximum Gasteiger partial charge on any atom is 0.243 e. The fourth-order valence-electron chi connectivity index (χ4n) is 2.29. The highest BCUT2D eigenvalue weighted by molar-refractivity contribution is 9.10. The monoisotopic (exact) mass is 321 g/mol. The second kappa shape index (κ2) is 6.07. The van der Waals surface area contributed by atoms with E-state index in [4.69, 9.17) is 5.26 Å². The van der Waals surface area contributed by atoms with Gasteiger partial charge in [-0.3, -0.25) is 4.79 Å². The number of rotatable bonds is 2. The zero-order valence-corrected chi connectivity index (χ0v) is 12.4. The Balaban J connectivity index is 2.36. The zero-order valence-electron chi connectivity index (χ0n) is 10.8. The van der Waals surface area contributed by atoms with Crippen molar-refractivity contribution in [1.82, 2.24) is 5.32 Å². The lowest BCUT2D eigenvalue weighted by Crippen LogP contribution is -2.44. The Hall–Kier alpha value is -1.54. The van der Waals surface area contributed by atoms with Crippen molar-refractivity contribution in [3.8, 4) is 6.07 Å². The van der Waals surface area contributed by atoms with Gasteiger partial charge in [-0.1, -0.05) is 28.9 Å². The summed E-state index contributed by atoms with van der Waals surface area (Å²) < 4.78 is 0.970. The van der Waals surface area contributed by atoms with E-state index in [-0.39, 0.29) is 12.3 Å². The lowest BCUT2D eigenvalue weighted by Gasteiger charge is -2.30. The molecule has 1 aromatic rings. The van der Waals surface area contributed by atoms with Gasteiger partial charge >= 0.3 is 0 Å². The van der Waals surface area contributed by atoms with E-state index in [0.717, 1.165) is 16.7 Å². The van der Waals surface area contributed by atoms with Crippen molar-refractivity contribution in [2.75, 3.05) is 18.0 Å². The zero-order chi connectivity index (χ0) is 13.8. The number of nitrogens with zero attached hydrogens (tertiary/aromatic N) is 2. The van der Waals surface area contributed by atoms with Crippen LogP contribution >= 0.6 is 15.9 Å². The summed E-state index contributed by atoms with van der Waals surface area (Å²) in [4.78, 5) is 14.1. The fourth-order valence-corrected chi connectivity index (χ4v) is 2.68. The molecule has 1 N–H and O–H groups in total. The van der Waals surface area contributed by atoms with E-state index in [0.29, 0.717) is 12.5 Å². The van der Waals surface area contributed by atoms with Crippen LogP contribution in [0.1, 0.15) is 13.3 Å². The van der Waals surface area contributed by atoms with Crippen molar-refractivity contribution in [3.05, 3.63) is 28.7 Å². The van der Waals surface area contributed by atoms with E-state index in [1.165, 1.54) is 0 Å². The second-order valence-electron chi connectivity index (χ2n) is 4.86. The molecular weight excluding hydrogens is 306 g/mol. The minimum atomic E-state index is -0.413. The van der Waals surface area contributed by atoms with Gasteiger partial charge in [0.2, 0.25) is 5.91 Å². The lowest BCUT2D eigenvalue weighted by molar-refractivity contribution is -0.122. The minimum absolute atomic E-state index is 0.0640. The number of carbonyl (C=O) groups is 1. The number of carbonyl (C=O) groups excluding carboxylic acids is 1. The molecule has 1 aliphatic rings. The average Bonchev–Trinajstić information content (AvgIpc) is 2.52. The standard InChI is InChI=1S/C14H16BrN3O/c1-10-8-17-14(19)13(5-6-16)18(9-10)12-4-2-3-11(15)7-12/h2-4,7,10,13H,5,8-9H2,1H3,(H,17,19). The molecule has 1 fully saturated rings. The molecule has 0 spiro atoms. The Morgan fingerprint density at radius 2 is 2.37 bits per heavy atom. The molecule has 2 rings (SSSR count). The van der Waals surface area contributed by atoms with E-state index in [1.54, 1.807) is 0 Å². The Kier molecular flexibility index (Phi) is 4.43. The van der Waals surface area contributed by atoms with Crippen molar-refractivity contribution >= 4 is 27.5 Å². The first-order valence-corrected chi connectivity index (χ1v) is 7.08. The van der Waals surface area contributed by atoms with Gasteiger partial charge in [-0.25, -0.2) is 0 Å². The summed E-state index contributed by atoms with van der Waals surface area (Å²) >= 11 is 3.45. The predicted molar refractivity (Wildman–Crippen MR) is 77.7 cm³/mol. The van der Waals surface area contributed by atoms with E-state index in [9.17, 15) is 4.79 Å². The minimum Gasteiger partial charge on any atom is -0.358 e. The average molecular weight is 322 g/mol. The molecule has 1 heterocycles. The number of hydrogen-bond acceptors (Lipinski definition) is 3. The second-order valence-corrected chi connectivity index (χ2v) is 5.78. The van der Waals surface area contributed by atoms with E-state index < -0.39 is 6.04 Å². The molecule has 1 aromatic carbocycles. The van der Waals surface area contributed by atoms with E-state index >= 15 is 0 Å². The molecular formula is C14H16BrN3O. The van der Waals surface area contributed by atoms with Gasteiger partial charge in [0.1, 0.15) is 6.04 Å². The highest BCUT2D eigenvalue weighted by Gasteiger charge is 2.30. The van der Waals surface area contributed by atoms with Crippen molar-refractivity contribution in [3.63, 3.8) is 0 Å². The maximum absolute atomic E-state index is 12.1. The Bertz CT molecular complexity index is 512. The van der Waals surface area contributed by atoms with Gasteiger partial charge in [0, 0.05) is 23.2 Å². The molecule has 5 heteroatoms. The first-order chi connectivity index (χ1) is 9.11. The smallest absolute Gasteiger partial charge is 0.243 e. The SMILES string of the molecule is CC1CNC(=O)C(CC#N)N(c2cccc(Br)c2)C1. The van der Waals surface area contributed by atoms with Gasteiger partial charge in [-0.05, 0) is 24.1 Å². The first-order valence-electron chi connectivity index (χ1n) is 6.28. The molecule has 0 radical (unpaired) electrons. The van der Waals surface area contributed by atoms with Crippen LogP contribution in [-0.4, -0.2) is 25.0 Å². The molecule has 4 nitrogen and oxygen atoms in total. The topological polar surface area (TPSA) is 56.1 Å². The number of nitriles is 1. The number of halogens is 1. The van der Waals surface area contributed by atoms with Crippen LogP contribution in [-0.2, 0) is 4.79 Å². The van der Waals surface area contributed by atoms with Gasteiger partial charge in [0.25, 0.3) is 0 Å². The molecule has 0 bridgehead atoms. The van der Waals surface area contributed by atoms with Crippen LogP contribution in [0.15, 0.2) is 28.7 Å². The molecule has 2 atom stereocenters. The summed E-state index contributed by atoms with van der Waals surface area (Å²) in [5.41, 5.74) is 0.971. The quantitative estimate of drug-likeness (QED) is 0.909. The summed E-state index contributed by atoms with van der Waals surface area (Å²) in [6, 6.07) is 9.54. The molecule has 1 aliphatic heterocycles. The Morgan fingerprint density at radius 1 is 1.58 bits per heavy atom.